The lowest BCUT2D eigenvalue weighted by Gasteiger charge is -2.04. The molecule has 0 saturated heterocycles. The molecular weight excluding hydrogens is 204 g/mol. The van der Waals surface area contributed by atoms with Crippen molar-refractivity contribution in [1.82, 2.24) is 19.3 Å². The smallest absolute Gasteiger partial charge is 0.146 e. The van der Waals surface area contributed by atoms with Crippen molar-refractivity contribution < 1.29 is 5.11 Å². The highest BCUT2D eigenvalue weighted by atomic mass is 16.3. The summed E-state index contributed by atoms with van der Waals surface area (Å²) in [5, 5.41) is 13.7. The van der Waals surface area contributed by atoms with Gasteiger partial charge in [-0.2, -0.15) is 5.10 Å². The highest BCUT2D eigenvalue weighted by Gasteiger charge is 2.07. The van der Waals surface area contributed by atoms with Gasteiger partial charge in [-0.25, -0.2) is 4.98 Å². The Kier molecular flexibility index (Phi) is 3.05. The number of rotatable bonds is 4. The maximum absolute atomic E-state index is 9.68. The van der Waals surface area contributed by atoms with E-state index in [1.54, 1.807) is 11.0 Å². The molecule has 0 bridgehead atoms. The van der Waals surface area contributed by atoms with Gasteiger partial charge < -0.3 is 9.67 Å². The highest BCUT2D eigenvalue weighted by molar-refractivity contribution is 5.14. The molecular formula is C11H16N4O. The quantitative estimate of drug-likeness (QED) is 0.839. The van der Waals surface area contributed by atoms with Crippen LogP contribution >= 0.6 is 0 Å². The Balaban J connectivity index is 2.11. The summed E-state index contributed by atoms with van der Waals surface area (Å²) >= 11 is 0. The summed E-state index contributed by atoms with van der Waals surface area (Å²) in [6.45, 7) is 2.64. The van der Waals surface area contributed by atoms with E-state index in [1.807, 2.05) is 37.0 Å². The fourth-order valence-corrected chi connectivity index (χ4v) is 1.62. The number of aliphatic hydroxyl groups excluding tert-OH is 1. The molecule has 0 saturated carbocycles. The molecule has 2 rings (SSSR count). The monoisotopic (exact) mass is 220 g/mol. The van der Waals surface area contributed by atoms with Crippen molar-refractivity contribution in [1.29, 1.82) is 0 Å². The van der Waals surface area contributed by atoms with Crippen LogP contribution in [-0.2, 0) is 13.6 Å². The lowest BCUT2D eigenvalue weighted by molar-refractivity contribution is 0.173. The first-order valence-corrected chi connectivity index (χ1v) is 5.37. The molecule has 5 heteroatoms. The number of hydrogen-bond donors (Lipinski definition) is 1. The summed E-state index contributed by atoms with van der Waals surface area (Å²) in [7, 11) is 1.87. The van der Waals surface area contributed by atoms with E-state index in [2.05, 4.69) is 10.1 Å². The Morgan fingerprint density at radius 1 is 1.50 bits per heavy atom. The van der Waals surface area contributed by atoms with E-state index in [9.17, 15) is 5.11 Å². The molecule has 1 unspecified atom stereocenters. The summed E-state index contributed by atoms with van der Waals surface area (Å²) in [4.78, 5) is 4.15. The summed E-state index contributed by atoms with van der Waals surface area (Å²) in [5.41, 5.74) is 0.949. The van der Waals surface area contributed by atoms with E-state index in [0.717, 1.165) is 17.8 Å². The minimum atomic E-state index is -0.374. The molecule has 1 atom stereocenters. The van der Waals surface area contributed by atoms with Crippen LogP contribution in [0, 0.1) is 0 Å². The number of aliphatic hydroxyl groups is 1. The Hall–Kier alpha value is -1.62. The molecule has 0 amide bonds. The molecule has 0 aliphatic heterocycles. The third-order valence-electron chi connectivity index (χ3n) is 2.67. The van der Waals surface area contributed by atoms with Crippen LogP contribution in [0.3, 0.4) is 0 Å². The van der Waals surface area contributed by atoms with Gasteiger partial charge in [-0.15, -0.1) is 0 Å². The molecule has 5 nitrogen and oxygen atoms in total. The van der Waals surface area contributed by atoms with Crippen molar-refractivity contribution in [3.8, 4) is 0 Å². The molecule has 0 aliphatic rings. The molecule has 0 spiro atoms. The van der Waals surface area contributed by atoms with Gasteiger partial charge in [0, 0.05) is 19.4 Å². The van der Waals surface area contributed by atoms with Crippen LogP contribution < -0.4 is 0 Å². The van der Waals surface area contributed by atoms with Crippen molar-refractivity contribution in [3.05, 3.63) is 36.2 Å². The van der Waals surface area contributed by atoms with Crippen LogP contribution in [0.1, 0.15) is 30.8 Å². The minimum absolute atomic E-state index is 0.374. The van der Waals surface area contributed by atoms with Crippen LogP contribution in [0.25, 0.3) is 0 Å². The summed E-state index contributed by atoms with van der Waals surface area (Å²) < 4.78 is 3.74. The molecule has 2 aromatic rings. The van der Waals surface area contributed by atoms with Crippen molar-refractivity contribution in [3.63, 3.8) is 0 Å². The third kappa shape index (κ3) is 2.14. The van der Waals surface area contributed by atoms with Crippen molar-refractivity contribution in [2.45, 2.75) is 26.0 Å². The summed E-state index contributed by atoms with van der Waals surface area (Å²) in [6, 6.07) is 1.94. The average molecular weight is 220 g/mol. The first kappa shape index (κ1) is 10.9. The lowest BCUT2D eigenvalue weighted by Crippen LogP contribution is -2.05. The van der Waals surface area contributed by atoms with Crippen LogP contribution in [0.15, 0.2) is 24.8 Å². The molecule has 0 aromatic carbocycles. The molecule has 0 aliphatic carbocycles. The molecule has 86 valence electrons. The van der Waals surface area contributed by atoms with Crippen LogP contribution in [0.2, 0.25) is 0 Å². The molecule has 16 heavy (non-hydrogen) atoms. The van der Waals surface area contributed by atoms with Crippen molar-refractivity contribution in [2.24, 2.45) is 7.05 Å². The maximum atomic E-state index is 9.68. The second-order valence-corrected chi connectivity index (χ2v) is 3.84. The topological polar surface area (TPSA) is 55.9 Å². The average Bonchev–Trinajstić information content (AvgIpc) is 2.89. The Labute approximate surface area is 94.4 Å². The second-order valence-electron chi connectivity index (χ2n) is 3.84. The summed E-state index contributed by atoms with van der Waals surface area (Å²) in [5.74, 6) is 0.896. The van der Waals surface area contributed by atoms with Crippen LogP contribution in [0.5, 0.6) is 0 Å². The lowest BCUT2D eigenvalue weighted by atomic mass is 10.1. The van der Waals surface area contributed by atoms with Gasteiger partial charge in [-0.05, 0) is 18.1 Å². The first-order valence-electron chi connectivity index (χ1n) is 5.37. The number of nitrogens with zero attached hydrogens (tertiary/aromatic N) is 4. The predicted octanol–water partition coefficient (Wildman–Crippen LogP) is 1.11. The van der Waals surface area contributed by atoms with Gasteiger partial charge >= 0.3 is 0 Å². The first-order chi connectivity index (χ1) is 7.70. The third-order valence-corrected chi connectivity index (χ3v) is 2.67. The predicted molar refractivity (Wildman–Crippen MR) is 59.8 cm³/mol. The van der Waals surface area contributed by atoms with Gasteiger partial charge in [0.2, 0.25) is 0 Å². The molecule has 0 radical (unpaired) electrons. The minimum Gasteiger partial charge on any atom is -0.388 e. The summed E-state index contributed by atoms with van der Waals surface area (Å²) in [6.07, 6.45) is 5.79. The normalized spacial score (nSPS) is 12.9. The zero-order valence-corrected chi connectivity index (χ0v) is 9.54. The SMILES string of the molecule is CCC(O)c1ccn(Cc2ncnn2C)c1. The van der Waals surface area contributed by atoms with Crippen LogP contribution in [-0.4, -0.2) is 24.4 Å². The zero-order chi connectivity index (χ0) is 11.5. The van der Waals surface area contributed by atoms with Gasteiger partial charge in [0.05, 0.1) is 12.6 Å². The fourth-order valence-electron chi connectivity index (χ4n) is 1.62. The number of aromatic nitrogens is 4. The van der Waals surface area contributed by atoms with E-state index in [4.69, 9.17) is 0 Å². The van der Waals surface area contributed by atoms with E-state index in [1.165, 1.54) is 0 Å². The van der Waals surface area contributed by atoms with Crippen LogP contribution in [0.4, 0.5) is 0 Å². The Morgan fingerprint density at radius 3 is 2.94 bits per heavy atom. The number of aryl methyl sites for hydroxylation is 1. The van der Waals surface area contributed by atoms with Gasteiger partial charge in [-0.1, -0.05) is 6.92 Å². The maximum Gasteiger partial charge on any atom is 0.146 e. The largest absolute Gasteiger partial charge is 0.388 e. The molecule has 2 aromatic heterocycles. The second kappa shape index (κ2) is 4.49. The van der Waals surface area contributed by atoms with E-state index in [0.29, 0.717) is 6.54 Å². The van der Waals surface area contributed by atoms with Gasteiger partial charge in [-0.3, -0.25) is 4.68 Å². The zero-order valence-electron chi connectivity index (χ0n) is 9.54. The Morgan fingerprint density at radius 2 is 2.31 bits per heavy atom. The molecule has 2 heterocycles. The van der Waals surface area contributed by atoms with E-state index < -0.39 is 0 Å². The fraction of sp³-hybridized carbons (Fsp3) is 0.455. The standard InChI is InChI=1S/C11H16N4O/c1-3-10(16)9-4-5-15(6-9)7-11-12-8-13-14(11)2/h4-6,8,10,16H,3,7H2,1-2H3. The van der Waals surface area contributed by atoms with Gasteiger partial charge in [0.15, 0.2) is 0 Å². The molecule has 0 fully saturated rings. The van der Waals surface area contributed by atoms with E-state index in [-0.39, 0.29) is 6.10 Å². The van der Waals surface area contributed by atoms with Gasteiger partial charge in [0.1, 0.15) is 12.2 Å². The number of hydrogen-bond acceptors (Lipinski definition) is 3. The van der Waals surface area contributed by atoms with E-state index >= 15 is 0 Å². The van der Waals surface area contributed by atoms with Crippen molar-refractivity contribution >= 4 is 0 Å². The van der Waals surface area contributed by atoms with Gasteiger partial charge in [0.25, 0.3) is 0 Å². The highest BCUT2D eigenvalue weighted by Crippen LogP contribution is 2.16. The van der Waals surface area contributed by atoms with Crippen molar-refractivity contribution in [2.75, 3.05) is 0 Å². The molecule has 1 N–H and O–H groups in total. The Bertz CT molecular complexity index is 460.